The highest BCUT2D eigenvalue weighted by molar-refractivity contribution is 5.96. The number of nitrogens with zero attached hydrogens (tertiary/aromatic N) is 3. The van der Waals surface area contributed by atoms with Crippen molar-refractivity contribution >= 4 is 29.6 Å². The molecular formula is C25H41N5O7. The van der Waals surface area contributed by atoms with Crippen molar-refractivity contribution in [1.82, 2.24) is 20.0 Å². The Morgan fingerprint density at radius 1 is 0.838 bits per heavy atom. The Labute approximate surface area is 217 Å². The minimum Gasteiger partial charge on any atom is -0.480 e. The predicted octanol–water partition coefficient (Wildman–Crippen LogP) is -0.717. The van der Waals surface area contributed by atoms with Crippen molar-refractivity contribution in [3.63, 3.8) is 0 Å². The number of likely N-dealkylation sites (tertiary alicyclic amines) is 3. The highest BCUT2D eigenvalue weighted by Crippen LogP contribution is 2.26. The van der Waals surface area contributed by atoms with Crippen LogP contribution in [0.25, 0.3) is 0 Å². The van der Waals surface area contributed by atoms with Gasteiger partial charge in [-0.25, -0.2) is 4.79 Å². The molecule has 0 unspecified atom stereocenters. The predicted molar refractivity (Wildman–Crippen MR) is 133 cm³/mol. The maximum Gasteiger partial charge on any atom is 0.326 e. The van der Waals surface area contributed by atoms with Gasteiger partial charge in [0.05, 0.1) is 12.1 Å². The third kappa shape index (κ3) is 6.40. The van der Waals surface area contributed by atoms with Crippen LogP contribution >= 0.6 is 0 Å². The van der Waals surface area contributed by atoms with Crippen molar-refractivity contribution in [3.05, 3.63) is 0 Å². The molecule has 4 amide bonds. The zero-order valence-electron chi connectivity index (χ0n) is 22.0. The number of nitrogens with two attached hydrogens (primary N) is 1. The molecule has 0 aliphatic carbocycles. The van der Waals surface area contributed by atoms with E-state index in [1.165, 1.54) is 21.6 Å². The second kappa shape index (κ2) is 12.2. The fraction of sp³-hybridized carbons (Fsp3) is 0.800. The summed E-state index contributed by atoms with van der Waals surface area (Å²) in [5, 5.41) is 22.5. The van der Waals surface area contributed by atoms with E-state index >= 15 is 0 Å². The number of aliphatic hydroxyl groups is 1. The van der Waals surface area contributed by atoms with Crippen molar-refractivity contribution in [2.24, 2.45) is 11.7 Å². The summed E-state index contributed by atoms with van der Waals surface area (Å²) < 4.78 is 0. The number of carboxylic acid groups (broad SMARTS) is 1. The van der Waals surface area contributed by atoms with Crippen LogP contribution in [-0.2, 0) is 24.0 Å². The van der Waals surface area contributed by atoms with E-state index in [0.717, 1.165) is 0 Å². The van der Waals surface area contributed by atoms with E-state index in [-0.39, 0.29) is 18.4 Å². The van der Waals surface area contributed by atoms with Crippen LogP contribution < -0.4 is 11.1 Å². The molecule has 0 radical (unpaired) electrons. The number of amides is 4. The molecule has 3 aliphatic rings. The lowest BCUT2D eigenvalue weighted by atomic mass is 10.0. The van der Waals surface area contributed by atoms with Gasteiger partial charge in [-0.15, -0.1) is 0 Å². The van der Waals surface area contributed by atoms with Crippen molar-refractivity contribution in [1.29, 1.82) is 0 Å². The number of nitrogens with one attached hydrogen (secondary N) is 1. The standard InChI is InChI=1S/C25H41N5O7/c1-14(2)13-16(26)22(33)28-10-4-7-17(28)21(32)27-20(15(3)31)24(35)29-11-5-8-18(29)23(34)30-12-6-9-19(30)25(36)37/h14-20,31H,4-13,26H2,1-3H3,(H,27,32)(H,36,37)/t15-,16+,17+,18+,19+,20+/m1/s1. The highest BCUT2D eigenvalue weighted by Gasteiger charge is 2.45. The van der Waals surface area contributed by atoms with Gasteiger partial charge in [0.15, 0.2) is 0 Å². The van der Waals surface area contributed by atoms with Gasteiger partial charge in [-0.2, -0.15) is 0 Å². The smallest absolute Gasteiger partial charge is 0.326 e. The average Bonchev–Trinajstić information content (AvgIpc) is 3.60. The van der Waals surface area contributed by atoms with Gasteiger partial charge < -0.3 is 36.0 Å². The fourth-order valence-corrected chi connectivity index (χ4v) is 5.71. The number of hydrogen-bond acceptors (Lipinski definition) is 7. The summed E-state index contributed by atoms with van der Waals surface area (Å²) in [6.07, 6.45) is 2.15. The van der Waals surface area contributed by atoms with Crippen LogP contribution in [0.2, 0.25) is 0 Å². The number of carboxylic acids is 1. The molecular weight excluding hydrogens is 482 g/mol. The number of aliphatic hydroxyl groups excluding tert-OH is 1. The molecule has 3 fully saturated rings. The number of carbonyl (C=O) groups excluding carboxylic acids is 4. The van der Waals surface area contributed by atoms with Gasteiger partial charge in [-0.05, 0) is 57.8 Å². The van der Waals surface area contributed by atoms with Crippen LogP contribution in [0.1, 0.15) is 65.7 Å². The lowest BCUT2D eigenvalue weighted by Gasteiger charge is -2.34. The Morgan fingerprint density at radius 3 is 1.89 bits per heavy atom. The van der Waals surface area contributed by atoms with Crippen LogP contribution in [0, 0.1) is 5.92 Å². The van der Waals surface area contributed by atoms with Crippen LogP contribution in [0.15, 0.2) is 0 Å². The molecule has 5 N–H and O–H groups in total. The first kappa shape index (κ1) is 28.8. The molecule has 3 heterocycles. The molecule has 12 heteroatoms. The van der Waals surface area contributed by atoms with Crippen molar-refractivity contribution in [2.75, 3.05) is 19.6 Å². The number of carbonyl (C=O) groups is 5. The Balaban J connectivity index is 1.70. The van der Waals surface area contributed by atoms with Gasteiger partial charge in [-0.3, -0.25) is 19.2 Å². The second-order valence-electron chi connectivity index (χ2n) is 10.9. The normalized spacial score (nSPS) is 26.3. The van der Waals surface area contributed by atoms with E-state index in [1.54, 1.807) is 0 Å². The van der Waals surface area contributed by atoms with Crippen LogP contribution in [-0.4, -0.2) is 110 Å². The maximum atomic E-state index is 13.5. The monoisotopic (exact) mass is 523 g/mol. The zero-order chi connectivity index (χ0) is 27.4. The van der Waals surface area contributed by atoms with E-state index in [9.17, 15) is 34.2 Å². The van der Waals surface area contributed by atoms with Gasteiger partial charge >= 0.3 is 5.97 Å². The van der Waals surface area contributed by atoms with E-state index < -0.39 is 60.0 Å². The topological polar surface area (TPSA) is 174 Å². The Morgan fingerprint density at radius 2 is 1.35 bits per heavy atom. The van der Waals surface area contributed by atoms with E-state index in [2.05, 4.69) is 5.32 Å². The Kier molecular flexibility index (Phi) is 9.51. The molecule has 37 heavy (non-hydrogen) atoms. The summed E-state index contributed by atoms with van der Waals surface area (Å²) in [6.45, 7) is 6.27. The number of aliphatic carboxylic acids is 1. The third-order valence-corrected chi connectivity index (χ3v) is 7.57. The van der Waals surface area contributed by atoms with Gasteiger partial charge in [0.1, 0.15) is 24.2 Å². The van der Waals surface area contributed by atoms with Crippen LogP contribution in [0.4, 0.5) is 0 Å². The molecule has 0 spiro atoms. The summed E-state index contributed by atoms with van der Waals surface area (Å²) in [5.74, 6) is -2.73. The molecule has 208 valence electrons. The summed E-state index contributed by atoms with van der Waals surface area (Å²) >= 11 is 0. The first-order valence-corrected chi connectivity index (χ1v) is 13.3. The fourth-order valence-electron chi connectivity index (χ4n) is 5.71. The molecule has 0 saturated carbocycles. The highest BCUT2D eigenvalue weighted by atomic mass is 16.4. The second-order valence-corrected chi connectivity index (χ2v) is 10.9. The molecule has 0 bridgehead atoms. The lowest BCUT2D eigenvalue weighted by Crippen LogP contribution is -2.60. The van der Waals surface area contributed by atoms with Crippen molar-refractivity contribution in [3.8, 4) is 0 Å². The summed E-state index contributed by atoms with van der Waals surface area (Å²) in [6, 6.07) is -4.58. The van der Waals surface area contributed by atoms with E-state index in [1.807, 2.05) is 13.8 Å². The summed E-state index contributed by atoms with van der Waals surface area (Å²) in [4.78, 5) is 68.5. The Hall–Kier alpha value is -2.73. The third-order valence-electron chi connectivity index (χ3n) is 7.57. The van der Waals surface area contributed by atoms with Gasteiger partial charge in [-0.1, -0.05) is 13.8 Å². The molecule has 0 aromatic heterocycles. The van der Waals surface area contributed by atoms with Gasteiger partial charge in [0.2, 0.25) is 23.6 Å². The van der Waals surface area contributed by atoms with E-state index in [4.69, 9.17) is 5.73 Å². The number of rotatable bonds is 9. The maximum absolute atomic E-state index is 13.5. The van der Waals surface area contributed by atoms with Gasteiger partial charge in [0.25, 0.3) is 0 Å². The quantitative estimate of drug-likeness (QED) is 0.306. The van der Waals surface area contributed by atoms with Gasteiger partial charge in [0, 0.05) is 19.6 Å². The molecule has 6 atom stereocenters. The number of hydrogen-bond donors (Lipinski definition) is 4. The first-order chi connectivity index (χ1) is 17.4. The van der Waals surface area contributed by atoms with Crippen molar-refractivity contribution < 1.29 is 34.2 Å². The Bertz CT molecular complexity index is 895. The zero-order valence-corrected chi connectivity index (χ0v) is 22.0. The lowest BCUT2D eigenvalue weighted by molar-refractivity contribution is -0.153. The summed E-state index contributed by atoms with van der Waals surface area (Å²) in [7, 11) is 0. The van der Waals surface area contributed by atoms with Crippen LogP contribution in [0.5, 0.6) is 0 Å². The largest absolute Gasteiger partial charge is 0.480 e. The minimum absolute atomic E-state index is 0.216. The van der Waals surface area contributed by atoms with E-state index in [0.29, 0.717) is 58.0 Å². The van der Waals surface area contributed by atoms with Crippen molar-refractivity contribution in [2.45, 2.75) is 102 Å². The molecule has 0 aromatic rings. The molecule has 3 rings (SSSR count). The molecule has 12 nitrogen and oxygen atoms in total. The molecule has 3 saturated heterocycles. The SMILES string of the molecule is CC(C)C[C@H](N)C(=O)N1CCC[C@H]1C(=O)N[C@H](C(=O)N1CCC[C@H]1C(=O)N1CCC[C@H]1C(=O)O)[C@@H](C)O. The average molecular weight is 524 g/mol. The molecule has 3 aliphatic heterocycles. The van der Waals surface area contributed by atoms with Crippen LogP contribution in [0.3, 0.4) is 0 Å². The minimum atomic E-state index is -1.31. The first-order valence-electron chi connectivity index (χ1n) is 13.3. The molecule has 0 aromatic carbocycles. The summed E-state index contributed by atoms with van der Waals surface area (Å²) in [5.41, 5.74) is 6.07.